The van der Waals surface area contributed by atoms with Gasteiger partial charge in [0.05, 0.1) is 17.0 Å². The van der Waals surface area contributed by atoms with Crippen molar-refractivity contribution in [3.05, 3.63) is 42.1 Å². The van der Waals surface area contributed by atoms with Crippen LogP contribution in [0.25, 0.3) is 11.3 Å². The molecule has 0 unspecified atom stereocenters. The Morgan fingerprint density at radius 1 is 1.38 bits per heavy atom. The van der Waals surface area contributed by atoms with E-state index in [4.69, 9.17) is 3.79 Å². The van der Waals surface area contributed by atoms with Gasteiger partial charge in [-0.2, -0.15) is 4.39 Å². The number of pyridine rings is 2. The van der Waals surface area contributed by atoms with Crippen molar-refractivity contribution >= 4 is 16.6 Å². The van der Waals surface area contributed by atoms with Crippen molar-refractivity contribution in [2.24, 2.45) is 0 Å². The summed E-state index contributed by atoms with van der Waals surface area (Å²) in [5.74, 6) is -0.0950. The first kappa shape index (κ1) is 11.1. The standard InChI is InChI=1S/C11H9FN2O.Al.H/c1-7-6-9(15)10(11(12)14-7)8-4-2-3-5-13-8;;/h2-6H,1H3,(H,14,15);;/q;+1;/p-1. The summed E-state index contributed by atoms with van der Waals surface area (Å²) in [7, 11) is 0. The van der Waals surface area contributed by atoms with Crippen molar-refractivity contribution in [3.63, 3.8) is 0 Å². The minimum absolute atomic E-state index is 0.307. The van der Waals surface area contributed by atoms with Crippen LogP contribution in [0.2, 0.25) is 0 Å². The van der Waals surface area contributed by atoms with Gasteiger partial charge in [-0.15, -0.1) is 0 Å². The van der Waals surface area contributed by atoms with Crippen LogP contribution in [0.1, 0.15) is 5.69 Å². The molecule has 16 heavy (non-hydrogen) atoms. The molecule has 2 rings (SSSR count). The summed E-state index contributed by atoms with van der Waals surface area (Å²) in [6.07, 6.45) is 1.61. The topological polar surface area (TPSA) is 35.0 Å². The second-order valence-electron chi connectivity index (χ2n) is 3.29. The number of hydrogen-bond acceptors (Lipinski definition) is 3. The Bertz CT molecular complexity index is 505. The molecule has 2 aromatic rings. The summed E-state index contributed by atoms with van der Waals surface area (Å²) in [4.78, 5) is 7.87. The lowest BCUT2D eigenvalue weighted by molar-refractivity contribution is 0.559. The Balaban J connectivity index is 2.64. The van der Waals surface area contributed by atoms with Crippen molar-refractivity contribution in [2.45, 2.75) is 6.92 Å². The van der Waals surface area contributed by atoms with E-state index < -0.39 is 5.95 Å². The quantitative estimate of drug-likeness (QED) is 0.583. The highest BCUT2D eigenvalue weighted by atomic mass is 27.1. The Morgan fingerprint density at radius 2 is 2.19 bits per heavy atom. The van der Waals surface area contributed by atoms with Crippen molar-refractivity contribution in [3.8, 4) is 17.0 Å². The molecule has 0 bridgehead atoms. The summed E-state index contributed by atoms with van der Waals surface area (Å²) >= 11 is 1.30. The molecule has 0 aromatic carbocycles. The van der Waals surface area contributed by atoms with Gasteiger partial charge in [-0.3, -0.25) is 4.98 Å². The summed E-state index contributed by atoms with van der Waals surface area (Å²) < 4.78 is 18.9. The predicted octanol–water partition coefficient (Wildman–Crippen LogP) is 1.79. The van der Waals surface area contributed by atoms with Gasteiger partial charge in [-0.05, 0) is 25.1 Å². The molecule has 0 aliphatic heterocycles. The highest BCUT2D eigenvalue weighted by Crippen LogP contribution is 2.30. The molecule has 5 heteroatoms. The number of rotatable bonds is 2. The third kappa shape index (κ3) is 2.06. The third-order valence-corrected chi connectivity index (χ3v) is 2.45. The molecule has 0 aliphatic carbocycles. The molecule has 0 saturated heterocycles. The van der Waals surface area contributed by atoms with Gasteiger partial charge < -0.3 is 3.79 Å². The molecule has 0 atom stereocenters. The van der Waals surface area contributed by atoms with Crippen molar-refractivity contribution in [1.29, 1.82) is 0 Å². The van der Waals surface area contributed by atoms with Gasteiger partial charge in [-0.25, -0.2) is 4.98 Å². The van der Waals surface area contributed by atoms with Crippen LogP contribution in [-0.4, -0.2) is 26.6 Å². The fourth-order valence-electron chi connectivity index (χ4n) is 1.46. The first-order chi connectivity index (χ1) is 7.72. The number of aromatic nitrogens is 2. The SMILES string of the molecule is Cc1cc([O][AlH])c(-c2ccccn2)c(F)n1. The summed E-state index contributed by atoms with van der Waals surface area (Å²) in [6.45, 7) is 1.72. The number of hydrogen-bond donors (Lipinski definition) is 0. The normalized spacial score (nSPS) is 10.1. The van der Waals surface area contributed by atoms with Crippen molar-refractivity contribution < 1.29 is 8.18 Å². The van der Waals surface area contributed by atoms with E-state index in [1.54, 1.807) is 37.4 Å². The maximum atomic E-state index is 13.8. The van der Waals surface area contributed by atoms with Crippen LogP contribution >= 0.6 is 0 Å². The molecule has 0 spiro atoms. The molecule has 3 nitrogen and oxygen atoms in total. The first-order valence-electron chi connectivity index (χ1n) is 4.73. The minimum atomic E-state index is -0.555. The molecular formula is C11H9AlFN2O. The number of nitrogens with zero attached hydrogens (tertiary/aromatic N) is 2. The van der Waals surface area contributed by atoms with E-state index in [0.29, 0.717) is 22.7 Å². The molecular weight excluding hydrogens is 222 g/mol. The molecule has 79 valence electrons. The Morgan fingerprint density at radius 3 is 2.81 bits per heavy atom. The van der Waals surface area contributed by atoms with Crippen LogP contribution in [0.4, 0.5) is 4.39 Å². The highest BCUT2D eigenvalue weighted by molar-refractivity contribution is 6.00. The van der Waals surface area contributed by atoms with Gasteiger partial charge >= 0.3 is 16.6 Å². The Labute approximate surface area is 101 Å². The monoisotopic (exact) mass is 231 g/mol. The molecule has 0 fully saturated rings. The summed E-state index contributed by atoms with van der Waals surface area (Å²) in [6, 6.07) is 6.99. The summed E-state index contributed by atoms with van der Waals surface area (Å²) in [5.41, 5.74) is 1.41. The lowest BCUT2D eigenvalue weighted by Gasteiger charge is -2.11. The fourth-order valence-corrected chi connectivity index (χ4v) is 1.69. The van der Waals surface area contributed by atoms with Gasteiger partial charge in [0.1, 0.15) is 0 Å². The van der Waals surface area contributed by atoms with Crippen LogP contribution in [-0.2, 0) is 0 Å². The second kappa shape index (κ2) is 4.60. The molecule has 1 radical (unpaired) electrons. The molecule has 0 amide bonds. The number of aryl methyl sites for hydroxylation is 1. The molecule has 2 aromatic heterocycles. The largest absolute Gasteiger partial charge is 0.650 e. The van der Waals surface area contributed by atoms with Gasteiger partial charge in [0.2, 0.25) is 5.95 Å². The molecule has 2 heterocycles. The first-order valence-corrected chi connectivity index (χ1v) is 5.30. The van der Waals surface area contributed by atoms with Gasteiger partial charge in [0, 0.05) is 11.9 Å². The zero-order valence-electron chi connectivity index (χ0n) is 8.77. The minimum Gasteiger partial charge on any atom is -0.650 e. The molecule has 0 saturated carbocycles. The maximum absolute atomic E-state index is 13.8. The van der Waals surface area contributed by atoms with Crippen molar-refractivity contribution in [2.75, 3.05) is 0 Å². The van der Waals surface area contributed by atoms with Crippen LogP contribution in [0, 0.1) is 12.9 Å². The van der Waals surface area contributed by atoms with E-state index in [0.717, 1.165) is 0 Å². The van der Waals surface area contributed by atoms with Crippen LogP contribution in [0.3, 0.4) is 0 Å². The van der Waals surface area contributed by atoms with E-state index in [1.807, 2.05) is 0 Å². The van der Waals surface area contributed by atoms with Gasteiger partial charge in [0.15, 0.2) is 0 Å². The third-order valence-electron chi connectivity index (χ3n) is 2.14. The summed E-state index contributed by atoms with van der Waals surface area (Å²) in [5, 5.41) is 0. The average Bonchev–Trinajstić information content (AvgIpc) is 2.29. The molecule has 0 N–H and O–H groups in total. The van der Waals surface area contributed by atoms with E-state index in [1.165, 1.54) is 16.6 Å². The smallest absolute Gasteiger partial charge is 0.494 e. The highest BCUT2D eigenvalue weighted by Gasteiger charge is 2.14. The Hall–Kier alpha value is -1.44. The van der Waals surface area contributed by atoms with Gasteiger partial charge in [0.25, 0.3) is 0 Å². The van der Waals surface area contributed by atoms with E-state index in [-0.39, 0.29) is 0 Å². The zero-order chi connectivity index (χ0) is 11.5. The van der Waals surface area contributed by atoms with E-state index in [9.17, 15) is 4.39 Å². The van der Waals surface area contributed by atoms with Crippen LogP contribution in [0.15, 0.2) is 30.5 Å². The predicted molar refractivity (Wildman–Crippen MR) is 59.9 cm³/mol. The maximum Gasteiger partial charge on any atom is 0.494 e. The Kier molecular flexibility index (Phi) is 3.18. The van der Waals surface area contributed by atoms with E-state index >= 15 is 0 Å². The van der Waals surface area contributed by atoms with Crippen LogP contribution in [0.5, 0.6) is 5.75 Å². The lowest BCUT2D eigenvalue weighted by atomic mass is 10.1. The number of halogens is 1. The zero-order valence-corrected chi connectivity index (χ0v) is 10.2. The average molecular weight is 231 g/mol. The lowest BCUT2D eigenvalue weighted by Crippen LogP contribution is -1.98. The molecule has 0 aliphatic rings. The van der Waals surface area contributed by atoms with Crippen molar-refractivity contribution in [1.82, 2.24) is 9.97 Å². The second-order valence-corrected chi connectivity index (χ2v) is 3.58. The fraction of sp³-hybridized carbons (Fsp3) is 0.0909. The van der Waals surface area contributed by atoms with E-state index in [2.05, 4.69) is 9.97 Å². The van der Waals surface area contributed by atoms with Gasteiger partial charge in [-0.1, -0.05) is 6.07 Å². The van der Waals surface area contributed by atoms with Crippen LogP contribution < -0.4 is 3.79 Å².